The number of carbonyl (C=O) groups excluding carboxylic acids is 1. The average molecular weight is 205 g/mol. The number of esters is 1. The topological polar surface area (TPSA) is 78.1 Å². The van der Waals surface area contributed by atoms with Crippen molar-refractivity contribution in [2.75, 3.05) is 7.11 Å². The summed E-state index contributed by atoms with van der Waals surface area (Å²) in [5, 5.41) is 0. The van der Waals surface area contributed by atoms with Crippen molar-refractivity contribution in [3.63, 3.8) is 0 Å². The molecule has 0 fully saturated rings. The number of aromatic nitrogens is 3. The maximum Gasteiger partial charge on any atom is 0.358 e. The quantitative estimate of drug-likeness (QED) is 0.678. The molecule has 0 N–H and O–H groups in total. The molecule has 6 heteroatoms. The van der Waals surface area contributed by atoms with Crippen LogP contribution in [-0.4, -0.2) is 28.0 Å². The lowest BCUT2D eigenvalue weighted by molar-refractivity contribution is 0.0593. The number of oxazole rings is 1. The first-order valence-corrected chi connectivity index (χ1v) is 4.11. The molecule has 0 saturated heterocycles. The highest BCUT2D eigenvalue weighted by Crippen LogP contribution is 2.12. The SMILES string of the molecule is COC(=O)c1cnc(-c2ncco2)cn1. The van der Waals surface area contributed by atoms with E-state index >= 15 is 0 Å². The Morgan fingerprint density at radius 1 is 1.33 bits per heavy atom. The van der Waals surface area contributed by atoms with Crippen LogP contribution in [-0.2, 0) is 4.74 Å². The molecule has 0 saturated carbocycles. The first-order valence-electron chi connectivity index (χ1n) is 4.11. The molecule has 2 aromatic rings. The molecule has 0 spiro atoms. The molecule has 0 aliphatic rings. The van der Waals surface area contributed by atoms with E-state index in [-0.39, 0.29) is 5.69 Å². The second-order valence-corrected chi connectivity index (χ2v) is 2.62. The zero-order chi connectivity index (χ0) is 10.7. The smallest absolute Gasteiger partial charge is 0.358 e. The van der Waals surface area contributed by atoms with Crippen molar-refractivity contribution in [2.45, 2.75) is 0 Å². The van der Waals surface area contributed by atoms with Gasteiger partial charge in [-0.05, 0) is 0 Å². The van der Waals surface area contributed by atoms with Gasteiger partial charge >= 0.3 is 5.97 Å². The Balaban J connectivity index is 2.29. The second-order valence-electron chi connectivity index (χ2n) is 2.62. The number of carbonyl (C=O) groups is 1. The summed E-state index contributed by atoms with van der Waals surface area (Å²) in [6, 6.07) is 0. The zero-order valence-electron chi connectivity index (χ0n) is 7.88. The fraction of sp³-hybridized carbons (Fsp3) is 0.111. The third kappa shape index (κ3) is 1.83. The van der Waals surface area contributed by atoms with E-state index in [9.17, 15) is 4.79 Å². The molecule has 6 nitrogen and oxygen atoms in total. The fourth-order valence-electron chi connectivity index (χ4n) is 0.998. The van der Waals surface area contributed by atoms with Gasteiger partial charge in [0.15, 0.2) is 5.69 Å². The van der Waals surface area contributed by atoms with Gasteiger partial charge in [-0.1, -0.05) is 0 Å². The lowest BCUT2D eigenvalue weighted by atomic mass is 10.4. The van der Waals surface area contributed by atoms with Crippen LogP contribution in [0.4, 0.5) is 0 Å². The summed E-state index contributed by atoms with van der Waals surface area (Å²) in [6.45, 7) is 0. The van der Waals surface area contributed by atoms with E-state index in [1.54, 1.807) is 0 Å². The van der Waals surface area contributed by atoms with E-state index in [1.807, 2.05) is 0 Å². The van der Waals surface area contributed by atoms with Crippen LogP contribution in [0.2, 0.25) is 0 Å². The van der Waals surface area contributed by atoms with Gasteiger partial charge in [0, 0.05) is 0 Å². The highest BCUT2D eigenvalue weighted by Gasteiger charge is 2.09. The van der Waals surface area contributed by atoms with E-state index in [0.717, 1.165) is 0 Å². The highest BCUT2D eigenvalue weighted by atomic mass is 16.5. The maximum absolute atomic E-state index is 11.0. The third-order valence-corrected chi connectivity index (χ3v) is 1.70. The van der Waals surface area contributed by atoms with Crippen LogP contribution < -0.4 is 0 Å². The van der Waals surface area contributed by atoms with Crippen molar-refractivity contribution in [1.82, 2.24) is 15.0 Å². The van der Waals surface area contributed by atoms with Crippen molar-refractivity contribution in [2.24, 2.45) is 0 Å². The standard InChI is InChI=1S/C9H7N3O3/c1-14-9(13)7-5-11-6(4-12-7)8-10-2-3-15-8/h2-5H,1H3. The summed E-state index contributed by atoms with van der Waals surface area (Å²) >= 11 is 0. The van der Waals surface area contributed by atoms with E-state index in [1.165, 1.54) is 32.0 Å². The van der Waals surface area contributed by atoms with E-state index < -0.39 is 5.97 Å². The monoisotopic (exact) mass is 205 g/mol. The Bertz CT molecular complexity index is 450. The number of ether oxygens (including phenoxy) is 1. The molecule has 76 valence electrons. The summed E-state index contributed by atoms with van der Waals surface area (Å²) in [5.74, 6) is -0.166. The summed E-state index contributed by atoms with van der Waals surface area (Å²) in [7, 11) is 1.28. The number of nitrogens with zero attached hydrogens (tertiary/aromatic N) is 3. The maximum atomic E-state index is 11.0. The van der Waals surface area contributed by atoms with Crippen molar-refractivity contribution >= 4 is 5.97 Å². The Hall–Kier alpha value is -2.24. The number of methoxy groups -OCH3 is 1. The Labute approximate surface area is 84.9 Å². The molecular weight excluding hydrogens is 198 g/mol. The Morgan fingerprint density at radius 3 is 2.73 bits per heavy atom. The van der Waals surface area contributed by atoms with Crippen LogP contribution in [0.3, 0.4) is 0 Å². The van der Waals surface area contributed by atoms with Crippen LogP contribution in [0.15, 0.2) is 29.3 Å². The Kier molecular flexibility index (Phi) is 2.40. The molecule has 0 aliphatic heterocycles. The molecule has 2 rings (SSSR count). The second kappa shape index (κ2) is 3.87. The van der Waals surface area contributed by atoms with Crippen LogP contribution in [0.25, 0.3) is 11.6 Å². The van der Waals surface area contributed by atoms with E-state index in [0.29, 0.717) is 11.6 Å². The minimum Gasteiger partial charge on any atom is -0.464 e. The third-order valence-electron chi connectivity index (χ3n) is 1.70. The lowest BCUT2D eigenvalue weighted by Gasteiger charge is -1.97. The zero-order valence-corrected chi connectivity index (χ0v) is 7.88. The summed E-state index contributed by atoms with van der Waals surface area (Å²) in [5.41, 5.74) is 0.612. The van der Waals surface area contributed by atoms with E-state index in [2.05, 4.69) is 19.7 Å². The Morgan fingerprint density at radius 2 is 2.20 bits per heavy atom. The normalized spacial score (nSPS) is 9.93. The molecule has 0 aromatic carbocycles. The van der Waals surface area contributed by atoms with Crippen LogP contribution in [0.1, 0.15) is 10.5 Å². The molecule has 0 amide bonds. The lowest BCUT2D eigenvalue weighted by Crippen LogP contribution is -2.04. The molecule has 0 atom stereocenters. The summed E-state index contributed by atoms with van der Waals surface area (Å²) < 4.78 is 9.50. The largest absolute Gasteiger partial charge is 0.464 e. The van der Waals surface area contributed by atoms with Crippen molar-refractivity contribution < 1.29 is 13.9 Å². The molecular formula is C9H7N3O3. The number of hydrogen-bond acceptors (Lipinski definition) is 6. The fourth-order valence-corrected chi connectivity index (χ4v) is 0.998. The molecule has 2 aromatic heterocycles. The summed E-state index contributed by atoms with van der Waals surface area (Å²) in [4.78, 5) is 22.8. The molecule has 0 radical (unpaired) electrons. The molecule has 0 unspecified atom stereocenters. The van der Waals surface area contributed by atoms with Gasteiger partial charge in [-0.15, -0.1) is 0 Å². The first-order chi connectivity index (χ1) is 7.31. The van der Waals surface area contributed by atoms with Gasteiger partial charge in [0.2, 0.25) is 5.89 Å². The molecule has 2 heterocycles. The molecule has 0 aliphatic carbocycles. The van der Waals surface area contributed by atoms with Gasteiger partial charge < -0.3 is 9.15 Å². The van der Waals surface area contributed by atoms with Crippen LogP contribution >= 0.6 is 0 Å². The number of rotatable bonds is 2. The highest BCUT2D eigenvalue weighted by molar-refractivity contribution is 5.86. The van der Waals surface area contributed by atoms with Crippen molar-refractivity contribution in [3.8, 4) is 11.6 Å². The number of hydrogen-bond donors (Lipinski definition) is 0. The van der Waals surface area contributed by atoms with Gasteiger partial charge in [0.05, 0.1) is 25.7 Å². The van der Waals surface area contributed by atoms with Gasteiger partial charge in [0.25, 0.3) is 0 Å². The van der Waals surface area contributed by atoms with Gasteiger partial charge in [-0.2, -0.15) is 0 Å². The van der Waals surface area contributed by atoms with Gasteiger partial charge in [-0.3, -0.25) is 0 Å². The minimum atomic E-state index is -0.526. The van der Waals surface area contributed by atoms with Crippen LogP contribution in [0, 0.1) is 0 Å². The first kappa shape index (κ1) is 9.32. The van der Waals surface area contributed by atoms with Gasteiger partial charge in [-0.25, -0.2) is 19.7 Å². The van der Waals surface area contributed by atoms with Crippen LogP contribution in [0.5, 0.6) is 0 Å². The molecule has 15 heavy (non-hydrogen) atoms. The predicted molar refractivity (Wildman–Crippen MR) is 48.9 cm³/mol. The van der Waals surface area contributed by atoms with Crippen molar-refractivity contribution in [1.29, 1.82) is 0 Å². The van der Waals surface area contributed by atoms with E-state index in [4.69, 9.17) is 4.42 Å². The summed E-state index contributed by atoms with van der Waals surface area (Å²) in [6.07, 6.45) is 5.65. The molecule has 0 bridgehead atoms. The predicted octanol–water partition coefficient (Wildman–Crippen LogP) is 0.918. The van der Waals surface area contributed by atoms with Crippen molar-refractivity contribution in [3.05, 3.63) is 30.5 Å². The average Bonchev–Trinajstić information content (AvgIpc) is 2.82. The van der Waals surface area contributed by atoms with Gasteiger partial charge in [0.1, 0.15) is 12.0 Å². The minimum absolute atomic E-state index is 0.146.